The van der Waals surface area contributed by atoms with Gasteiger partial charge < -0.3 is 20.3 Å². The molecule has 1 aliphatic heterocycles. The number of hydrogen-bond acceptors (Lipinski definition) is 5. The third-order valence-corrected chi connectivity index (χ3v) is 3.66. The van der Waals surface area contributed by atoms with Crippen molar-refractivity contribution in [3.05, 3.63) is 23.4 Å². The molecule has 9 heteroatoms. The van der Waals surface area contributed by atoms with Crippen LogP contribution in [0.4, 0.5) is 5.82 Å². The maximum Gasteiger partial charge on any atom is 0.234 e. The highest BCUT2D eigenvalue weighted by Crippen LogP contribution is 2.25. The topological polar surface area (TPSA) is 66.5 Å². The number of pyridine rings is 1. The summed E-state index contributed by atoms with van der Waals surface area (Å²) in [6.45, 7) is 3.16. The molecule has 132 valence electrons. The lowest BCUT2D eigenvalue weighted by atomic mass is 10.2. The fraction of sp³-hybridized carbons (Fsp3) is 0.571. The molecule has 1 fully saturated rings. The van der Waals surface area contributed by atoms with E-state index in [1.807, 2.05) is 12.1 Å². The van der Waals surface area contributed by atoms with Gasteiger partial charge in [0.25, 0.3) is 0 Å². The maximum atomic E-state index is 11.8. The van der Waals surface area contributed by atoms with Gasteiger partial charge in [0.05, 0.1) is 18.2 Å². The minimum absolute atomic E-state index is 0. The van der Waals surface area contributed by atoms with Crippen molar-refractivity contribution in [2.24, 2.45) is 0 Å². The van der Waals surface area contributed by atoms with Crippen LogP contribution in [0.25, 0.3) is 0 Å². The first-order chi connectivity index (χ1) is 10.2. The molecule has 1 saturated heterocycles. The molecule has 0 aromatic carbocycles. The molecular formula is C14H23Cl3N4O2. The van der Waals surface area contributed by atoms with E-state index in [9.17, 15) is 4.79 Å². The van der Waals surface area contributed by atoms with Crippen LogP contribution < -0.4 is 15.5 Å². The highest BCUT2D eigenvalue weighted by atomic mass is 35.5. The van der Waals surface area contributed by atoms with Gasteiger partial charge in [-0.1, -0.05) is 11.6 Å². The molecule has 1 atom stereocenters. The van der Waals surface area contributed by atoms with E-state index in [2.05, 4.69) is 20.5 Å². The summed E-state index contributed by atoms with van der Waals surface area (Å²) in [4.78, 5) is 18.2. The average molecular weight is 386 g/mol. The summed E-state index contributed by atoms with van der Waals surface area (Å²) in [6, 6.07) is 3.78. The van der Waals surface area contributed by atoms with E-state index < -0.39 is 0 Å². The van der Waals surface area contributed by atoms with E-state index in [4.69, 9.17) is 16.3 Å². The molecule has 2 heterocycles. The van der Waals surface area contributed by atoms with Crippen LogP contribution in [-0.2, 0) is 9.53 Å². The molecule has 1 unspecified atom stereocenters. The van der Waals surface area contributed by atoms with Gasteiger partial charge in [-0.15, -0.1) is 24.8 Å². The Morgan fingerprint density at radius 3 is 3.00 bits per heavy atom. The predicted molar refractivity (Wildman–Crippen MR) is 97.2 cm³/mol. The number of anilines is 1. The number of nitrogens with zero attached hydrogens (tertiary/aromatic N) is 2. The smallest absolute Gasteiger partial charge is 0.234 e. The normalized spacial score (nSPS) is 16.4. The third-order valence-electron chi connectivity index (χ3n) is 3.36. The third kappa shape index (κ3) is 7.10. The Morgan fingerprint density at radius 2 is 2.30 bits per heavy atom. The minimum atomic E-state index is 0. The van der Waals surface area contributed by atoms with Crippen molar-refractivity contribution in [3.8, 4) is 0 Å². The molecule has 2 N–H and O–H groups in total. The SMILES string of the molecule is COCCNCC(=O)NC1CCN(c2ncccc2Cl)C1.Cl.Cl. The number of carbonyl (C=O) groups excluding carboxylic acids is 1. The van der Waals surface area contributed by atoms with Crippen LogP contribution in [0.1, 0.15) is 6.42 Å². The number of halogens is 3. The molecule has 0 saturated carbocycles. The van der Waals surface area contributed by atoms with Crippen molar-refractivity contribution in [1.29, 1.82) is 0 Å². The van der Waals surface area contributed by atoms with Crippen LogP contribution >= 0.6 is 36.4 Å². The molecule has 1 aliphatic rings. The molecule has 6 nitrogen and oxygen atoms in total. The van der Waals surface area contributed by atoms with Gasteiger partial charge in [0.15, 0.2) is 0 Å². The molecular weight excluding hydrogens is 363 g/mol. The van der Waals surface area contributed by atoms with Gasteiger partial charge in [-0.25, -0.2) is 4.98 Å². The van der Waals surface area contributed by atoms with Crippen LogP contribution in [-0.4, -0.2) is 56.8 Å². The lowest BCUT2D eigenvalue weighted by molar-refractivity contribution is -0.120. The molecule has 23 heavy (non-hydrogen) atoms. The summed E-state index contributed by atoms with van der Waals surface area (Å²) >= 11 is 6.14. The van der Waals surface area contributed by atoms with E-state index in [-0.39, 0.29) is 36.8 Å². The molecule has 1 amide bonds. The van der Waals surface area contributed by atoms with Gasteiger partial charge in [0, 0.05) is 39.0 Å². The lowest BCUT2D eigenvalue weighted by Gasteiger charge is -2.19. The second-order valence-electron chi connectivity index (χ2n) is 4.98. The number of ether oxygens (including phenoxy) is 1. The standard InChI is InChI=1S/C14H21ClN4O2.2ClH/c1-21-8-6-16-9-13(20)18-11-4-7-19(10-11)14-12(15)3-2-5-17-14;;/h2-3,5,11,16H,4,6-10H2,1H3,(H,18,20);2*1H. The molecule has 0 spiro atoms. The Labute approximate surface area is 154 Å². The Morgan fingerprint density at radius 1 is 1.52 bits per heavy atom. The van der Waals surface area contributed by atoms with Crippen LogP contribution in [0.5, 0.6) is 0 Å². The van der Waals surface area contributed by atoms with Crippen molar-refractivity contribution in [2.75, 3.05) is 44.8 Å². The van der Waals surface area contributed by atoms with Crippen LogP contribution in [0, 0.1) is 0 Å². The van der Waals surface area contributed by atoms with E-state index >= 15 is 0 Å². The summed E-state index contributed by atoms with van der Waals surface area (Å²) in [5.41, 5.74) is 0. The number of aromatic nitrogens is 1. The fourth-order valence-corrected chi connectivity index (χ4v) is 2.58. The van der Waals surface area contributed by atoms with Crippen molar-refractivity contribution >= 4 is 48.1 Å². The highest BCUT2D eigenvalue weighted by Gasteiger charge is 2.25. The zero-order valence-corrected chi connectivity index (χ0v) is 15.3. The number of methoxy groups -OCH3 is 1. The van der Waals surface area contributed by atoms with E-state index in [0.29, 0.717) is 24.7 Å². The first-order valence-corrected chi connectivity index (χ1v) is 7.43. The van der Waals surface area contributed by atoms with Gasteiger partial charge in [0.2, 0.25) is 5.91 Å². The summed E-state index contributed by atoms with van der Waals surface area (Å²) in [6.07, 6.45) is 2.63. The first-order valence-electron chi connectivity index (χ1n) is 7.05. The van der Waals surface area contributed by atoms with Crippen molar-refractivity contribution in [1.82, 2.24) is 15.6 Å². The predicted octanol–water partition coefficient (Wildman–Crippen LogP) is 1.51. The largest absolute Gasteiger partial charge is 0.383 e. The Balaban J connectivity index is 0.00000242. The van der Waals surface area contributed by atoms with Gasteiger partial charge in [-0.05, 0) is 18.6 Å². The maximum absolute atomic E-state index is 11.8. The summed E-state index contributed by atoms with van der Waals surface area (Å²) < 4.78 is 4.91. The Bertz CT molecular complexity index is 479. The molecule has 1 aromatic heterocycles. The van der Waals surface area contributed by atoms with Gasteiger partial charge in [-0.3, -0.25) is 4.79 Å². The van der Waals surface area contributed by atoms with Gasteiger partial charge in [0.1, 0.15) is 5.82 Å². The van der Waals surface area contributed by atoms with Crippen molar-refractivity contribution < 1.29 is 9.53 Å². The number of rotatable bonds is 7. The van der Waals surface area contributed by atoms with Crippen molar-refractivity contribution in [3.63, 3.8) is 0 Å². The molecule has 0 radical (unpaired) electrons. The number of carbonyl (C=O) groups is 1. The number of amides is 1. The van der Waals surface area contributed by atoms with Gasteiger partial charge in [-0.2, -0.15) is 0 Å². The molecule has 0 bridgehead atoms. The molecule has 1 aromatic rings. The lowest BCUT2D eigenvalue weighted by Crippen LogP contribution is -2.42. The minimum Gasteiger partial charge on any atom is -0.383 e. The molecule has 2 rings (SSSR count). The van der Waals surface area contributed by atoms with Crippen molar-refractivity contribution in [2.45, 2.75) is 12.5 Å². The quantitative estimate of drug-likeness (QED) is 0.697. The van der Waals surface area contributed by atoms with E-state index in [0.717, 1.165) is 25.3 Å². The summed E-state index contributed by atoms with van der Waals surface area (Å²) in [7, 11) is 1.64. The first kappa shape index (κ1) is 22.2. The highest BCUT2D eigenvalue weighted by molar-refractivity contribution is 6.32. The average Bonchev–Trinajstić information content (AvgIpc) is 2.92. The second-order valence-corrected chi connectivity index (χ2v) is 5.38. The molecule has 0 aliphatic carbocycles. The Kier molecular flexibility index (Phi) is 11.3. The summed E-state index contributed by atoms with van der Waals surface area (Å²) in [5.74, 6) is 0.791. The van der Waals surface area contributed by atoms with E-state index in [1.54, 1.807) is 13.3 Å². The number of nitrogens with one attached hydrogen (secondary N) is 2. The van der Waals surface area contributed by atoms with Crippen LogP contribution in [0.3, 0.4) is 0 Å². The summed E-state index contributed by atoms with van der Waals surface area (Å²) in [5, 5.41) is 6.69. The zero-order chi connectivity index (χ0) is 15.1. The van der Waals surface area contributed by atoms with Crippen LogP contribution in [0.15, 0.2) is 18.3 Å². The van der Waals surface area contributed by atoms with E-state index in [1.165, 1.54) is 0 Å². The van der Waals surface area contributed by atoms with Gasteiger partial charge >= 0.3 is 0 Å². The monoisotopic (exact) mass is 384 g/mol. The zero-order valence-electron chi connectivity index (χ0n) is 13.0. The Hall–Kier alpha value is -0.790. The van der Waals surface area contributed by atoms with Crippen LogP contribution in [0.2, 0.25) is 5.02 Å². The second kappa shape index (κ2) is 11.7. The fourth-order valence-electron chi connectivity index (χ4n) is 2.34. The number of hydrogen-bond donors (Lipinski definition) is 2.